The van der Waals surface area contributed by atoms with Gasteiger partial charge in [-0.2, -0.15) is 18.4 Å². The first kappa shape index (κ1) is 17.9. The summed E-state index contributed by atoms with van der Waals surface area (Å²) in [6, 6.07) is 3.93. The van der Waals surface area contributed by atoms with Crippen LogP contribution in [0.5, 0.6) is 0 Å². The van der Waals surface area contributed by atoms with Crippen molar-refractivity contribution >= 4 is 11.6 Å². The summed E-state index contributed by atoms with van der Waals surface area (Å²) in [5, 5.41) is 11.6. The Hall–Kier alpha value is -2.89. The molecule has 0 radical (unpaired) electrons. The number of halogens is 4. The Morgan fingerprint density at radius 3 is 2.73 bits per heavy atom. The molecule has 136 valence electrons. The molecule has 0 aliphatic carbocycles. The molecular formula is C17H15F4N5. The Kier molecular flexibility index (Phi) is 4.68. The Labute approximate surface area is 147 Å². The quantitative estimate of drug-likeness (QED) is 0.840. The van der Waals surface area contributed by atoms with Crippen LogP contribution in [-0.2, 0) is 0 Å². The maximum atomic E-state index is 14.0. The molecule has 1 aromatic heterocycles. The van der Waals surface area contributed by atoms with E-state index in [-0.39, 0.29) is 41.4 Å². The van der Waals surface area contributed by atoms with Gasteiger partial charge in [-0.1, -0.05) is 6.07 Å². The van der Waals surface area contributed by atoms with E-state index in [0.717, 1.165) is 6.07 Å². The summed E-state index contributed by atoms with van der Waals surface area (Å²) >= 11 is 0. The SMILES string of the molecule is CNc1ncc(N2CCC[C@H]2C(F)(F)F)c(-c2ccc(C#N)c(F)c2)n1. The average molecular weight is 365 g/mol. The number of hydrogen-bond donors (Lipinski definition) is 1. The van der Waals surface area contributed by atoms with E-state index in [2.05, 4.69) is 15.3 Å². The highest BCUT2D eigenvalue weighted by molar-refractivity contribution is 5.76. The molecule has 3 rings (SSSR count). The Morgan fingerprint density at radius 1 is 1.35 bits per heavy atom. The smallest absolute Gasteiger partial charge is 0.357 e. The molecule has 0 unspecified atom stereocenters. The fourth-order valence-corrected chi connectivity index (χ4v) is 3.07. The molecule has 0 amide bonds. The van der Waals surface area contributed by atoms with Crippen LogP contribution >= 0.6 is 0 Å². The van der Waals surface area contributed by atoms with Crippen LogP contribution in [0.2, 0.25) is 0 Å². The van der Waals surface area contributed by atoms with Gasteiger partial charge in [-0.3, -0.25) is 0 Å². The lowest BCUT2D eigenvalue weighted by atomic mass is 10.1. The summed E-state index contributed by atoms with van der Waals surface area (Å²) in [5.74, 6) is -0.550. The predicted octanol–water partition coefficient (Wildman–Crippen LogP) is 3.73. The van der Waals surface area contributed by atoms with Gasteiger partial charge in [0.15, 0.2) is 0 Å². The molecule has 1 aliphatic heterocycles. The van der Waals surface area contributed by atoms with Gasteiger partial charge >= 0.3 is 6.18 Å². The van der Waals surface area contributed by atoms with Crippen LogP contribution in [0.1, 0.15) is 18.4 Å². The van der Waals surface area contributed by atoms with E-state index in [1.807, 2.05) is 0 Å². The van der Waals surface area contributed by atoms with Crippen molar-refractivity contribution in [3.63, 3.8) is 0 Å². The minimum Gasteiger partial charge on any atom is -0.357 e. The molecule has 0 saturated carbocycles. The van der Waals surface area contributed by atoms with Crippen molar-refractivity contribution in [2.45, 2.75) is 25.1 Å². The third-order valence-electron chi connectivity index (χ3n) is 4.30. The zero-order valence-electron chi connectivity index (χ0n) is 13.8. The van der Waals surface area contributed by atoms with Crippen LogP contribution in [0.3, 0.4) is 0 Å². The minimum absolute atomic E-state index is 0.0154. The first-order valence-corrected chi connectivity index (χ1v) is 7.93. The van der Waals surface area contributed by atoms with Crippen molar-refractivity contribution in [3.8, 4) is 17.3 Å². The second-order valence-corrected chi connectivity index (χ2v) is 5.88. The summed E-state index contributed by atoms with van der Waals surface area (Å²) < 4.78 is 54.1. The van der Waals surface area contributed by atoms with Gasteiger partial charge in [-0.15, -0.1) is 0 Å². The molecule has 5 nitrogen and oxygen atoms in total. The topological polar surface area (TPSA) is 64.8 Å². The number of nitrogens with one attached hydrogen (secondary N) is 1. The van der Waals surface area contributed by atoms with Crippen LogP contribution in [-0.4, -0.2) is 35.8 Å². The van der Waals surface area contributed by atoms with Crippen molar-refractivity contribution in [3.05, 3.63) is 35.8 Å². The summed E-state index contributed by atoms with van der Waals surface area (Å²) in [7, 11) is 1.58. The van der Waals surface area contributed by atoms with Crippen molar-refractivity contribution in [2.75, 3.05) is 23.8 Å². The van der Waals surface area contributed by atoms with E-state index in [1.165, 1.54) is 23.2 Å². The van der Waals surface area contributed by atoms with Gasteiger partial charge in [0.1, 0.15) is 17.9 Å². The van der Waals surface area contributed by atoms with Gasteiger partial charge in [0.25, 0.3) is 0 Å². The lowest BCUT2D eigenvalue weighted by Gasteiger charge is -2.29. The zero-order chi connectivity index (χ0) is 18.9. The number of hydrogen-bond acceptors (Lipinski definition) is 5. The van der Waals surface area contributed by atoms with Crippen molar-refractivity contribution < 1.29 is 17.6 Å². The van der Waals surface area contributed by atoms with Gasteiger partial charge in [-0.25, -0.2) is 14.4 Å². The minimum atomic E-state index is -4.38. The number of anilines is 2. The predicted molar refractivity (Wildman–Crippen MR) is 88.1 cm³/mol. The zero-order valence-corrected chi connectivity index (χ0v) is 13.8. The Morgan fingerprint density at radius 2 is 2.12 bits per heavy atom. The van der Waals surface area contributed by atoms with E-state index in [9.17, 15) is 17.6 Å². The monoisotopic (exact) mass is 365 g/mol. The lowest BCUT2D eigenvalue weighted by molar-refractivity contribution is -0.145. The molecule has 0 bridgehead atoms. The first-order valence-electron chi connectivity index (χ1n) is 7.93. The van der Waals surface area contributed by atoms with Gasteiger partial charge in [0.05, 0.1) is 23.1 Å². The average Bonchev–Trinajstić information content (AvgIpc) is 3.11. The normalized spacial score (nSPS) is 17.2. The molecular weight excluding hydrogens is 350 g/mol. The molecule has 1 atom stereocenters. The summed E-state index contributed by atoms with van der Waals surface area (Å²) in [5.41, 5.74) is 0.507. The fourth-order valence-electron chi connectivity index (χ4n) is 3.07. The number of nitriles is 1. The molecule has 1 fully saturated rings. The van der Waals surface area contributed by atoms with E-state index in [1.54, 1.807) is 13.1 Å². The second kappa shape index (κ2) is 6.78. The maximum absolute atomic E-state index is 14.0. The highest BCUT2D eigenvalue weighted by Crippen LogP contribution is 2.39. The third kappa shape index (κ3) is 3.27. The van der Waals surface area contributed by atoms with Crippen LogP contribution in [0.25, 0.3) is 11.3 Å². The van der Waals surface area contributed by atoms with E-state index in [0.29, 0.717) is 6.42 Å². The molecule has 1 N–H and O–H groups in total. The summed E-state index contributed by atoms with van der Waals surface area (Å²) in [6.45, 7) is 0.207. The lowest BCUT2D eigenvalue weighted by Crippen LogP contribution is -2.41. The molecule has 26 heavy (non-hydrogen) atoms. The Bertz CT molecular complexity index is 859. The molecule has 2 heterocycles. The standard InChI is InChI=1S/C17H15F4N5/c1-23-16-24-9-13(26-6-2-3-14(26)17(19,20)21)15(25-16)10-4-5-11(8-22)12(18)7-10/h4-5,7,9,14H,2-3,6H2,1H3,(H,23,24,25)/t14-/m0/s1. The maximum Gasteiger partial charge on any atom is 0.408 e. The molecule has 2 aromatic rings. The largest absolute Gasteiger partial charge is 0.408 e. The fraction of sp³-hybridized carbons (Fsp3) is 0.353. The van der Waals surface area contributed by atoms with Crippen LogP contribution in [0, 0.1) is 17.1 Å². The number of rotatable bonds is 3. The van der Waals surface area contributed by atoms with Gasteiger partial charge in [0.2, 0.25) is 5.95 Å². The number of benzene rings is 1. The Balaban J connectivity index is 2.13. The van der Waals surface area contributed by atoms with Crippen molar-refractivity contribution in [2.24, 2.45) is 0 Å². The van der Waals surface area contributed by atoms with E-state index < -0.39 is 18.0 Å². The third-order valence-corrected chi connectivity index (χ3v) is 4.30. The van der Waals surface area contributed by atoms with E-state index >= 15 is 0 Å². The molecule has 9 heteroatoms. The molecule has 1 aromatic carbocycles. The number of aromatic nitrogens is 2. The number of alkyl halides is 3. The first-order chi connectivity index (χ1) is 12.3. The highest BCUT2D eigenvalue weighted by atomic mass is 19.4. The van der Waals surface area contributed by atoms with Crippen molar-refractivity contribution in [1.29, 1.82) is 5.26 Å². The highest BCUT2D eigenvalue weighted by Gasteiger charge is 2.46. The van der Waals surface area contributed by atoms with Crippen LogP contribution < -0.4 is 10.2 Å². The molecule has 1 saturated heterocycles. The van der Waals surface area contributed by atoms with Gasteiger partial charge in [-0.05, 0) is 25.0 Å². The van der Waals surface area contributed by atoms with Gasteiger partial charge in [0, 0.05) is 19.2 Å². The molecule has 0 spiro atoms. The summed E-state index contributed by atoms with van der Waals surface area (Å²) in [6.07, 6.45) is -2.70. The van der Waals surface area contributed by atoms with Crippen LogP contribution in [0.15, 0.2) is 24.4 Å². The van der Waals surface area contributed by atoms with Crippen molar-refractivity contribution in [1.82, 2.24) is 9.97 Å². The van der Waals surface area contributed by atoms with Crippen LogP contribution in [0.4, 0.5) is 29.2 Å². The van der Waals surface area contributed by atoms with E-state index in [4.69, 9.17) is 5.26 Å². The molecule has 1 aliphatic rings. The van der Waals surface area contributed by atoms with Gasteiger partial charge < -0.3 is 10.2 Å². The second-order valence-electron chi connectivity index (χ2n) is 5.88. The number of nitrogens with zero attached hydrogens (tertiary/aromatic N) is 4. The summed E-state index contributed by atoms with van der Waals surface area (Å²) in [4.78, 5) is 9.47.